The number of esters is 1. The molecule has 3 N–H and O–H groups in total. The summed E-state index contributed by atoms with van der Waals surface area (Å²) in [6, 6.07) is 23.7. The van der Waals surface area contributed by atoms with Gasteiger partial charge in [0.05, 0.1) is 28.9 Å². The number of anilines is 1. The Morgan fingerprint density at radius 1 is 0.920 bits per heavy atom. The molecule has 0 aliphatic carbocycles. The van der Waals surface area contributed by atoms with Crippen molar-refractivity contribution < 1.29 is 33.7 Å². The number of aromatic carboxylic acids is 1. The SMILES string of the molecule is CCOC(=O)COc1cc(NCc2c(O)ccc3c(-c4ccccc4C(=O)O)c4cc(Br)c5cc(=O)ccc5c4oc23)c2nc(C)ccc2c1. The summed E-state index contributed by atoms with van der Waals surface area (Å²) in [6.07, 6.45) is 0. The summed E-state index contributed by atoms with van der Waals surface area (Å²) >= 11 is 3.62. The smallest absolute Gasteiger partial charge is 0.344 e. The standard InChI is InChI=1S/C39H29BrN2O8/c1-3-48-34(45)19-49-23-14-21-9-8-20(2)42-36(21)32(16-23)41-18-30-33(44)13-12-27-35(24-6-4-5-7-26(24)39(46)47)29-17-31(40)28-15-22(43)10-11-25(28)37(29)50-38(27)30/h4-17,41,44H,3,18-19H2,1-2H3,(H,46,47). The molecule has 0 radical (unpaired) electrons. The summed E-state index contributed by atoms with van der Waals surface area (Å²) in [7, 11) is 0. The van der Waals surface area contributed by atoms with Crippen molar-refractivity contribution in [2.75, 3.05) is 18.5 Å². The van der Waals surface area contributed by atoms with Crippen LogP contribution < -0.4 is 15.5 Å². The number of halogens is 1. The molecule has 0 fully saturated rings. The number of nitrogens with zero attached hydrogens (tertiary/aromatic N) is 1. The van der Waals surface area contributed by atoms with Crippen LogP contribution in [0.1, 0.15) is 28.5 Å². The molecule has 0 unspecified atom stereocenters. The predicted molar refractivity (Wildman–Crippen MR) is 195 cm³/mol. The third kappa shape index (κ3) is 5.96. The fourth-order valence-corrected chi connectivity index (χ4v) is 6.77. The van der Waals surface area contributed by atoms with Crippen molar-refractivity contribution in [3.05, 3.63) is 116 Å². The summed E-state index contributed by atoms with van der Waals surface area (Å²) in [4.78, 5) is 41.6. The van der Waals surface area contributed by atoms with Crippen LogP contribution >= 0.6 is 15.9 Å². The number of aromatic nitrogens is 1. The highest BCUT2D eigenvalue weighted by Gasteiger charge is 2.23. The molecular formula is C39H29BrN2O8. The van der Waals surface area contributed by atoms with Crippen molar-refractivity contribution in [1.82, 2.24) is 4.98 Å². The monoisotopic (exact) mass is 732 g/mol. The number of aryl methyl sites for hydroxylation is 1. The minimum atomic E-state index is -1.10. The second-order valence-corrected chi connectivity index (χ2v) is 12.5. The third-order valence-corrected chi connectivity index (χ3v) is 9.09. The number of fused-ring (bicyclic) bond motifs is 5. The van der Waals surface area contributed by atoms with Crippen LogP contribution in [0.4, 0.5) is 5.69 Å². The lowest BCUT2D eigenvalue weighted by molar-refractivity contribution is -0.145. The predicted octanol–water partition coefficient (Wildman–Crippen LogP) is 8.34. The number of carboxylic acids is 1. The highest BCUT2D eigenvalue weighted by atomic mass is 79.9. The molecule has 0 aliphatic heterocycles. The molecular weight excluding hydrogens is 704 g/mol. The molecule has 0 saturated carbocycles. The van der Waals surface area contributed by atoms with Crippen molar-refractivity contribution in [2.45, 2.75) is 20.4 Å². The van der Waals surface area contributed by atoms with Gasteiger partial charge in [0, 0.05) is 55.3 Å². The number of rotatable bonds is 9. The maximum absolute atomic E-state index is 12.5. The minimum absolute atomic E-state index is 0.0583. The van der Waals surface area contributed by atoms with Gasteiger partial charge in [0.25, 0.3) is 0 Å². The van der Waals surface area contributed by atoms with E-state index < -0.39 is 11.9 Å². The molecule has 0 amide bonds. The fourth-order valence-electron chi connectivity index (χ4n) is 6.21. The van der Waals surface area contributed by atoms with Gasteiger partial charge in [-0.15, -0.1) is 0 Å². The molecule has 0 bridgehead atoms. The zero-order chi connectivity index (χ0) is 35.1. The Kier molecular flexibility index (Phi) is 8.59. The second kappa shape index (κ2) is 13.2. The molecule has 5 aromatic carbocycles. The van der Waals surface area contributed by atoms with Crippen molar-refractivity contribution in [3.63, 3.8) is 0 Å². The molecule has 0 atom stereocenters. The van der Waals surface area contributed by atoms with E-state index in [1.165, 1.54) is 12.1 Å². The number of carbonyl (C=O) groups excluding carboxylic acids is 1. The fraction of sp³-hybridized carbons (Fsp3) is 0.128. The Morgan fingerprint density at radius 2 is 1.72 bits per heavy atom. The number of phenolic OH excluding ortho intramolecular Hbond substituents is 1. The number of hydrogen-bond acceptors (Lipinski definition) is 9. The number of benzene rings is 5. The first-order valence-corrected chi connectivity index (χ1v) is 16.5. The summed E-state index contributed by atoms with van der Waals surface area (Å²) in [5, 5.41) is 28.1. The quantitative estimate of drug-likeness (QED) is 0.0751. The zero-order valence-corrected chi connectivity index (χ0v) is 28.5. The highest BCUT2D eigenvalue weighted by molar-refractivity contribution is 9.10. The Bertz CT molecular complexity index is 2580. The van der Waals surface area contributed by atoms with E-state index >= 15 is 0 Å². The van der Waals surface area contributed by atoms with Crippen LogP contribution in [-0.2, 0) is 16.1 Å². The van der Waals surface area contributed by atoms with Gasteiger partial charge in [-0.3, -0.25) is 9.78 Å². The van der Waals surface area contributed by atoms with Gasteiger partial charge in [0.1, 0.15) is 22.7 Å². The Morgan fingerprint density at radius 3 is 2.52 bits per heavy atom. The number of aromatic hydroxyl groups is 1. The largest absolute Gasteiger partial charge is 0.507 e. The molecule has 7 aromatic rings. The van der Waals surface area contributed by atoms with Crippen molar-refractivity contribution >= 4 is 77.2 Å². The van der Waals surface area contributed by atoms with Crippen molar-refractivity contribution in [3.8, 4) is 22.6 Å². The Balaban J connectivity index is 1.44. The van der Waals surface area contributed by atoms with Crippen LogP contribution in [0.3, 0.4) is 0 Å². The van der Waals surface area contributed by atoms with Gasteiger partial charge in [-0.1, -0.05) is 40.2 Å². The van der Waals surface area contributed by atoms with E-state index in [4.69, 9.17) is 18.9 Å². The van der Waals surface area contributed by atoms with E-state index in [9.17, 15) is 24.6 Å². The first-order valence-electron chi connectivity index (χ1n) is 15.7. The van der Waals surface area contributed by atoms with Crippen LogP contribution in [0.2, 0.25) is 0 Å². The van der Waals surface area contributed by atoms with Gasteiger partial charge in [0.2, 0.25) is 0 Å². The van der Waals surface area contributed by atoms with E-state index in [-0.39, 0.29) is 36.5 Å². The Hall–Kier alpha value is -5.94. The molecule has 2 heterocycles. The van der Waals surface area contributed by atoms with Gasteiger partial charge in [-0.25, -0.2) is 9.59 Å². The molecule has 50 heavy (non-hydrogen) atoms. The number of carboxylic acid groups (broad SMARTS) is 1. The van der Waals surface area contributed by atoms with Gasteiger partial charge in [0.15, 0.2) is 12.0 Å². The average Bonchev–Trinajstić information content (AvgIpc) is 3.10. The van der Waals surface area contributed by atoms with Crippen molar-refractivity contribution in [1.29, 1.82) is 0 Å². The van der Waals surface area contributed by atoms with Crippen LogP contribution in [0.15, 0.2) is 98.6 Å². The lowest BCUT2D eigenvalue weighted by Crippen LogP contribution is -2.14. The first kappa shape index (κ1) is 32.6. The minimum Gasteiger partial charge on any atom is -0.507 e. The molecule has 250 valence electrons. The molecule has 11 heteroatoms. The summed E-state index contributed by atoms with van der Waals surface area (Å²) < 4.78 is 18.1. The number of phenols is 1. The second-order valence-electron chi connectivity index (χ2n) is 11.7. The van der Waals surface area contributed by atoms with E-state index in [1.54, 1.807) is 61.5 Å². The topological polar surface area (TPSA) is 148 Å². The zero-order valence-electron chi connectivity index (χ0n) is 26.9. The number of nitrogens with one attached hydrogen (secondary N) is 1. The average molecular weight is 734 g/mol. The van der Waals surface area contributed by atoms with Crippen LogP contribution in [-0.4, -0.2) is 40.3 Å². The molecule has 0 aliphatic rings. The highest BCUT2D eigenvalue weighted by Crippen LogP contribution is 2.44. The lowest BCUT2D eigenvalue weighted by atomic mass is 9.91. The van der Waals surface area contributed by atoms with Gasteiger partial charge < -0.3 is 29.4 Å². The number of carbonyl (C=O) groups is 2. The van der Waals surface area contributed by atoms with Crippen molar-refractivity contribution in [2.24, 2.45) is 0 Å². The van der Waals surface area contributed by atoms with E-state index in [0.29, 0.717) is 70.8 Å². The summed E-state index contributed by atoms with van der Waals surface area (Å²) in [5.74, 6) is -1.24. The van der Waals surface area contributed by atoms with E-state index in [2.05, 4.69) is 21.2 Å². The maximum atomic E-state index is 12.5. The van der Waals surface area contributed by atoms with Gasteiger partial charge >= 0.3 is 11.9 Å². The summed E-state index contributed by atoms with van der Waals surface area (Å²) in [5.41, 5.74) is 4.10. The van der Waals surface area contributed by atoms with Crippen LogP contribution in [0.5, 0.6) is 11.5 Å². The molecule has 7 rings (SSSR count). The third-order valence-electron chi connectivity index (χ3n) is 8.44. The van der Waals surface area contributed by atoms with Crippen LogP contribution in [0, 0.1) is 6.92 Å². The van der Waals surface area contributed by atoms with Gasteiger partial charge in [-0.05, 0) is 74.0 Å². The molecule has 10 nitrogen and oxygen atoms in total. The number of hydrogen-bond donors (Lipinski definition) is 3. The lowest BCUT2D eigenvalue weighted by Gasteiger charge is -2.18. The molecule has 0 saturated heterocycles. The normalized spacial score (nSPS) is 11.3. The van der Waals surface area contributed by atoms with E-state index in [0.717, 1.165) is 11.1 Å². The number of pyridine rings is 1. The summed E-state index contributed by atoms with van der Waals surface area (Å²) in [6.45, 7) is 3.63. The van der Waals surface area contributed by atoms with Gasteiger partial charge in [-0.2, -0.15) is 0 Å². The maximum Gasteiger partial charge on any atom is 0.344 e. The first-order chi connectivity index (χ1) is 24.1. The molecule has 0 spiro atoms. The molecule has 2 aromatic heterocycles. The Labute approximate surface area is 293 Å². The van der Waals surface area contributed by atoms with E-state index in [1.807, 2.05) is 25.1 Å². The van der Waals surface area contributed by atoms with Crippen LogP contribution in [0.25, 0.3) is 54.7 Å². The number of ether oxygens (including phenoxy) is 2.